The van der Waals surface area contributed by atoms with E-state index in [1.807, 2.05) is 12.1 Å². The summed E-state index contributed by atoms with van der Waals surface area (Å²) in [4.78, 5) is 1.38. The molecule has 0 saturated carbocycles. The van der Waals surface area contributed by atoms with E-state index < -0.39 is 0 Å². The van der Waals surface area contributed by atoms with Crippen molar-refractivity contribution in [1.82, 2.24) is 0 Å². The zero-order valence-electron chi connectivity index (χ0n) is 9.43. The second kappa shape index (κ2) is 5.21. The van der Waals surface area contributed by atoms with Crippen molar-refractivity contribution in [1.29, 1.82) is 0 Å². The lowest BCUT2D eigenvalue weighted by Gasteiger charge is -2.11. The maximum absolute atomic E-state index is 13.2. The van der Waals surface area contributed by atoms with Gasteiger partial charge in [-0.15, -0.1) is 11.3 Å². The summed E-state index contributed by atoms with van der Waals surface area (Å²) in [6.07, 6.45) is 0. The first kappa shape index (κ1) is 13.2. The van der Waals surface area contributed by atoms with Crippen molar-refractivity contribution < 1.29 is 4.39 Å². The molecule has 1 unspecified atom stereocenters. The van der Waals surface area contributed by atoms with Gasteiger partial charge in [-0.1, -0.05) is 28.1 Å². The zero-order chi connectivity index (χ0) is 12.6. The first-order valence-corrected chi connectivity index (χ1v) is 7.67. The number of alkyl halides is 1. The van der Waals surface area contributed by atoms with Crippen molar-refractivity contribution in [2.45, 2.75) is 18.7 Å². The van der Waals surface area contributed by atoms with Crippen LogP contribution in [0.5, 0.6) is 0 Å². The van der Waals surface area contributed by atoms with Crippen LogP contribution in [0.15, 0.2) is 28.1 Å². The highest BCUT2D eigenvalue weighted by Gasteiger charge is 2.16. The Balaban J connectivity index is 2.40. The van der Waals surface area contributed by atoms with E-state index in [-0.39, 0.29) is 10.6 Å². The van der Waals surface area contributed by atoms with Gasteiger partial charge in [0.05, 0.1) is 8.61 Å². The minimum Gasteiger partial charge on any atom is -0.207 e. The van der Waals surface area contributed by atoms with Gasteiger partial charge in [-0.25, -0.2) is 4.39 Å². The Labute approximate surface area is 121 Å². The maximum atomic E-state index is 13.2. The Morgan fingerprint density at radius 3 is 2.47 bits per heavy atom. The molecular formula is C13H11Br2FS. The predicted octanol–water partition coefficient (Wildman–Crippen LogP) is 5.75. The van der Waals surface area contributed by atoms with Gasteiger partial charge in [0, 0.05) is 4.88 Å². The third-order valence-electron chi connectivity index (χ3n) is 2.67. The first-order valence-electron chi connectivity index (χ1n) is 5.15. The van der Waals surface area contributed by atoms with E-state index in [1.54, 1.807) is 18.3 Å². The standard InChI is InChI=1S/C13H11Br2FS/c1-7-5-9(3-4-11(7)16)13(15)10-6-12(14)17-8(10)2/h3-6,13H,1-2H3. The molecule has 1 aromatic heterocycles. The molecule has 0 aliphatic rings. The Kier molecular flexibility index (Phi) is 4.06. The lowest BCUT2D eigenvalue weighted by molar-refractivity contribution is 0.618. The van der Waals surface area contributed by atoms with Crippen molar-refractivity contribution in [3.8, 4) is 0 Å². The van der Waals surface area contributed by atoms with Gasteiger partial charge in [-0.05, 0) is 58.6 Å². The average Bonchev–Trinajstić information content (AvgIpc) is 2.61. The van der Waals surface area contributed by atoms with Crippen LogP contribution in [0.2, 0.25) is 0 Å². The molecule has 0 aliphatic carbocycles. The number of rotatable bonds is 2. The Morgan fingerprint density at radius 1 is 1.24 bits per heavy atom. The fourth-order valence-electron chi connectivity index (χ4n) is 1.72. The lowest BCUT2D eigenvalue weighted by atomic mass is 10.0. The van der Waals surface area contributed by atoms with E-state index in [0.29, 0.717) is 5.56 Å². The zero-order valence-corrected chi connectivity index (χ0v) is 13.4. The summed E-state index contributed by atoms with van der Waals surface area (Å²) in [5, 5.41) is 0. The normalized spacial score (nSPS) is 12.8. The molecule has 0 nitrogen and oxygen atoms in total. The van der Waals surface area contributed by atoms with Crippen molar-refractivity contribution in [3.63, 3.8) is 0 Å². The van der Waals surface area contributed by atoms with Crippen molar-refractivity contribution >= 4 is 43.2 Å². The third-order valence-corrected chi connectivity index (χ3v) is 5.26. The third kappa shape index (κ3) is 2.80. The number of hydrogen-bond donors (Lipinski definition) is 0. The van der Waals surface area contributed by atoms with Gasteiger partial charge < -0.3 is 0 Å². The van der Waals surface area contributed by atoms with Crippen molar-refractivity contribution in [3.05, 3.63) is 55.4 Å². The van der Waals surface area contributed by atoms with E-state index in [4.69, 9.17) is 0 Å². The molecule has 0 aliphatic heterocycles. The van der Waals surface area contributed by atoms with Gasteiger partial charge in [-0.3, -0.25) is 0 Å². The van der Waals surface area contributed by atoms with Crippen LogP contribution in [-0.2, 0) is 0 Å². The molecule has 0 bridgehead atoms. The van der Waals surface area contributed by atoms with Gasteiger partial charge in [0.25, 0.3) is 0 Å². The summed E-state index contributed by atoms with van der Waals surface area (Å²) in [7, 11) is 0. The summed E-state index contributed by atoms with van der Waals surface area (Å²) in [5.74, 6) is -0.156. The molecule has 2 rings (SSSR count). The van der Waals surface area contributed by atoms with E-state index in [2.05, 4.69) is 44.8 Å². The maximum Gasteiger partial charge on any atom is 0.126 e. The summed E-state index contributed by atoms with van der Waals surface area (Å²) >= 11 is 8.88. The largest absolute Gasteiger partial charge is 0.207 e. The summed E-state index contributed by atoms with van der Waals surface area (Å²) in [5.41, 5.74) is 2.99. The Bertz CT molecular complexity index is 548. The van der Waals surface area contributed by atoms with E-state index in [0.717, 1.165) is 9.35 Å². The second-order valence-electron chi connectivity index (χ2n) is 3.93. The van der Waals surface area contributed by atoms with Crippen LogP contribution in [0.3, 0.4) is 0 Å². The number of thiophene rings is 1. The van der Waals surface area contributed by atoms with Crippen LogP contribution in [0.4, 0.5) is 4.39 Å². The molecule has 1 aromatic carbocycles. The number of hydrogen-bond acceptors (Lipinski definition) is 1. The van der Waals surface area contributed by atoms with Crippen LogP contribution in [0.25, 0.3) is 0 Å². The van der Waals surface area contributed by atoms with Gasteiger partial charge in [0.2, 0.25) is 0 Å². The van der Waals surface area contributed by atoms with Crippen molar-refractivity contribution in [2.75, 3.05) is 0 Å². The molecule has 17 heavy (non-hydrogen) atoms. The summed E-state index contributed by atoms with van der Waals surface area (Å²) < 4.78 is 14.3. The van der Waals surface area contributed by atoms with Gasteiger partial charge in [0.15, 0.2) is 0 Å². The fourth-order valence-corrected chi connectivity index (χ4v) is 4.38. The van der Waals surface area contributed by atoms with Crippen molar-refractivity contribution in [2.24, 2.45) is 0 Å². The highest BCUT2D eigenvalue weighted by Crippen LogP contribution is 2.38. The van der Waals surface area contributed by atoms with Gasteiger partial charge in [-0.2, -0.15) is 0 Å². The van der Waals surface area contributed by atoms with Crippen LogP contribution in [0, 0.1) is 19.7 Å². The first-order chi connectivity index (χ1) is 7.99. The van der Waals surface area contributed by atoms with Crippen LogP contribution in [0.1, 0.15) is 26.4 Å². The summed E-state index contributed by atoms with van der Waals surface area (Å²) in [6.45, 7) is 3.88. The number of aryl methyl sites for hydroxylation is 2. The smallest absolute Gasteiger partial charge is 0.126 e. The molecule has 0 radical (unpaired) electrons. The monoisotopic (exact) mass is 376 g/mol. The molecule has 0 saturated heterocycles. The van der Waals surface area contributed by atoms with Crippen LogP contribution < -0.4 is 0 Å². The minimum atomic E-state index is -0.156. The Hall–Kier alpha value is -0.190. The SMILES string of the molecule is Cc1cc(C(Br)c2cc(Br)sc2C)ccc1F. The molecule has 90 valence electrons. The highest BCUT2D eigenvalue weighted by atomic mass is 79.9. The topological polar surface area (TPSA) is 0 Å². The molecule has 0 amide bonds. The molecule has 0 N–H and O–H groups in total. The van der Waals surface area contributed by atoms with E-state index in [1.165, 1.54) is 16.5 Å². The number of benzene rings is 1. The van der Waals surface area contributed by atoms with E-state index >= 15 is 0 Å². The van der Waals surface area contributed by atoms with E-state index in [9.17, 15) is 4.39 Å². The molecule has 4 heteroatoms. The second-order valence-corrected chi connectivity index (χ2v) is 7.48. The molecular weight excluding hydrogens is 367 g/mol. The Morgan fingerprint density at radius 2 is 1.94 bits per heavy atom. The summed E-state index contributed by atoms with van der Waals surface area (Å²) in [6, 6.07) is 7.35. The lowest BCUT2D eigenvalue weighted by Crippen LogP contribution is -1.94. The van der Waals surface area contributed by atoms with Crippen LogP contribution >= 0.6 is 43.2 Å². The minimum absolute atomic E-state index is 0.115. The van der Waals surface area contributed by atoms with Crippen LogP contribution in [-0.4, -0.2) is 0 Å². The average molecular weight is 378 g/mol. The molecule has 1 atom stereocenters. The fraction of sp³-hybridized carbons (Fsp3) is 0.231. The molecule has 1 heterocycles. The number of halogens is 3. The predicted molar refractivity (Wildman–Crippen MR) is 78.7 cm³/mol. The van der Waals surface area contributed by atoms with Gasteiger partial charge >= 0.3 is 0 Å². The quantitative estimate of drug-likeness (QED) is 0.584. The molecule has 2 aromatic rings. The molecule has 0 fully saturated rings. The van der Waals surface area contributed by atoms with Gasteiger partial charge in [0.1, 0.15) is 5.82 Å². The molecule has 0 spiro atoms. The highest BCUT2D eigenvalue weighted by molar-refractivity contribution is 9.11.